The first kappa shape index (κ1) is 12.4. The van der Waals surface area contributed by atoms with E-state index in [1.807, 2.05) is 0 Å². The Morgan fingerprint density at radius 3 is 1.59 bits per heavy atom. The van der Waals surface area contributed by atoms with Gasteiger partial charge in [0.2, 0.25) is 0 Å². The van der Waals surface area contributed by atoms with Gasteiger partial charge >= 0.3 is 0 Å². The molecular weight excluding hydrogens is 204 g/mol. The molecule has 0 N–H and O–H groups in total. The van der Waals surface area contributed by atoms with Crippen LogP contribution in [0.1, 0.15) is 40.5 Å². The van der Waals surface area contributed by atoms with Gasteiger partial charge in [0.05, 0.1) is 0 Å². The Labute approximate surface area is 106 Å². The highest BCUT2D eigenvalue weighted by Gasteiger charge is 2.34. The first-order chi connectivity index (χ1) is 8.00. The lowest BCUT2D eigenvalue weighted by atomic mass is 9.65. The maximum Gasteiger partial charge on any atom is -0.0138 e. The van der Waals surface area contributed by atoms with Crippen LogP contribution in [0.15, 0.2) is 47.6 Å². The molecule has 2 atom stereocenters. The molecule has 0 heterocycles. The van der Waals surface area contributed by atoms with Crippen molar-refractivity contribution < 1.29 is 0 Å². The summed E-state index contributed by atoms with van der Waals surface area (Å²) in [6.07, 6.45) is 16.5. The van der Waals surface area contributed by atoms with Gasteiger partial charge in [-0.3, -0.25) is 0 Å². The average Bonchev–Trinajstić information content (AvgIpc) is 2.30. The van der Waals surface area contributed by atoms with Gasteiger partial charge in [-0.05, 0) is 43.9 Å². The van der Waals surface area contributed by atoms with Crippen LogP contribution in [0.4, 0.5) is 0 Å². The summed E-state index contributed by atoms with van der Waals surface area (Å²) in [5.74, 6) is 1.35. The van der Waals surface area contributed by atoms with Gasteiger partial charge in [0, 0.05) is 0 Å². The molecule has 0 amide bonds. The number of rotatable bonds is 2. The van der Waals surface area contributed by atoms with Crippen molar-refractivity contribution >= 4 is 0 Å². The van der Waals surface area contributed by atoms with Crippen molar-refractivity contribution in [2.45, 2.75) is 40.5 Å². The zero-order valence-electron chi connectivity index (χ0n) is 11.5. The van der Waals surface area contributed by atoms with Crippen LogP contribution in [0.25, 0.3) is 0 Å². The Bertz CT molecular complexity index is 364. The highest BCUT2D eigenvalue weighted by atomic mass is 14.4. The van der Waals surface area contributed by atoms with Crippen molar-refractivity contribution in [1.82, 2.24) is 0 Å². The molecule has 0 saturated carbocycles. The average molecular weight is 228 g/mol. The highest BCUT2D eigenvalue weighted by molar-refractivity contribution is 5.26. The molecule has 2 rings (SSSR count). The molecule has 2 aliphatic carbocycles. The number of allylic oxidation sites excluding steroid dienone is 8. The van der Waals surface area contributed by atoms with Crippen molar-refractivity contribution in [3.05, 3.63) is 47.6 Å². The van der Waals surface area contributed by atoms with Crippen molar-refractivity contribution in [3.8, 4) is 0 Å². The molecule has 0 nitrogen and oxygen atoms in total. The van der Waals surface area contributed by atoms with Gasteiger partial charge in [0.1, 0.15) is 0 Å². The second-order valence-corrected chi connectivity index (χ2v) is 6.12. The van der Waals surface area contributed by atoms with E-state index in [9.17, 15) is 0 Å². The smallest absolute Gasteiger partial charge is 0.0138 e. The Balaban J connectivity index is 2.10. The SMILES string of the molecule is CC1=CCC(C(C)(C)C2C=CC(C)=CC2)C=C1. The van der Waals surface area contributed by atoms with E-state index in [2.05, 4.69) is 64.2 Å². The van der Waals surface area contributed by atoms with Crippen LogP contribution in [0.3, 0.4) is 0 Å². The fraction of sp³-hybridized carbons (Fsp3) is 0.529. The van der Waals surface area contributed by atoms with E-state index in [-0.39, 0.29) is 0 Å². The topological polar surface area (TPSA) is 0 Å². The summed E-state index contributed by atoms with van der Waals surface area (Å²) >= 11 is 0. The minimum absolute atomic E-state index is 0.349. The summed E-state index contributed by atoms with van der Waals surface area (Å²) < 4.78 is 0. The van der Waals surface area contributed by atoms with E-state index >= 15 is 0 Å². The third kappa shape index (κ3) is 2.62. The van der Waals surface area contributed by atoms with Gasteiger partial charge in [-0.15, -0.1) is 0 Å². The molecule has 0 aromatic carbocycles. The van der Waals surface area contributed by atoms with Crippen LogP contribution in [-0.4, -0.2) is 0 Å². The van der Waals surface area contributed by atoms with E-state index in [0.29, 0.717) is 17.3 Å². The Morgan fingerprint density at radius 2 is 1.29 bits per heavy atom. The molecule has 0 aromatic heterocycles. The lowest BCUT2D eigenvalue weighted by Gasteiger charge is -2.40. The van der Waals surface area contributed by atoms with Gasteiger partial charge in [0.25, 0.3) is 0 Å². The molecule has 0 fully saturated rings. The first-order valence-corrected chi connectivity index (χ1v) is 6.70. The molecule has 0 aromatic rings. The van der Waals surface area contributed by atoms with Crippen LogP contribution >= 0.6 is 0 Å². The molecule has 92 valence electrons. The summed E-state index contributed by atoms with van der Waals surface area (Å²) in [5, 5.41) is 0. The number of hydrogen-bond donors (Lipinski definition) is 0. The van der Waals surface area contributed by atoms with Crippen molar-refractivity contribution in [2.24, 2.45) is 17.3 Å². The van der Waals surface area contributed by atoms with Crippen LogP contribution in [0, 0.1) is 17.3 Å². The quantitative estimate of drug-likeness (QED) is 0.620. The molecule has 2 aliphatic rings. The second kappa shape index (κ2) is 4.68. The molecule has 0 bridgehead atoms. The minimum atomic E-state index is 0.349. The fourth-order valence-electron chi connectivity index (χ4n) is 2.83. The van der Waals surface area contributed by atoms with Crippen LogP contribution in [0.5, 0.6) is 0 Å². The molecule has 0 spiro atoms. The highest BCUT2D eigenvalue weighted by Crippen LogP contribution is 2.43. The van der Waals surface area contributed by atoms with Crippen molar-refractivity contribution in [3.63, 3.8) is 0 Å². The monoisotopic (exact) mass is 228 g/mol. The lowest BCUT2D eigenvalue weighted by Crippen LogP contribution is -2.31. The zero-order chi connectivity index (χ0) is 12.5. The van der Waals surface area contributed by atoms with Crippen LogP contribution in [-0.2, 0) is 0 Å². The molecule has 0 aliphatic heterocycles. The van der Waals surface area contributed by atoms with Crippen LogP contribution < -0.4 is 0 Å². The standard InChI is InChI=1S/C17H24/c1-13-5-9-15(10-6-13)17(3,4)16-11-7-14(2)8-12-16/h5-9,11,15-16H,10,12H2,1-4H3. The molecule has 0 radical (unpaired) electrons. The van der Waals surface area contributed by atoms with Gasteiger partial charge in [-0.1, -0.05) is 61.4 Å². The predicted molar refractivity (Wildman–Crippen MR) is 75.8 cm³/mol. The molecular formula is C17H24. The van der Waals surface area contributed by atoms with Gasteiger partial charge in [0.15, 0.2) is 0 Å². The van der Waals surface area contributed by atoms with Gasteiger partial charge in [-0.25, -0.2) is 0 Å². The third-order valence-electron chi connectivity index (χ3n) is 4.48. The van der Waals surface area contributed by atoms with Gasteiger partial charge < -0.3 is 0 Å². The summed E-state index contributed by atoms with van der Waals surface area (Å²) in [7, 11) is 0. The fourth-order valence-corrected chi connectivity index (χ4v) is 2.83. The van der Waals surface area contributed by atoms with E-state index in [1.165, 1.54) is 24.0 Å². The predicted octanol–water partition coefficient (Wildman–Crippen LogP) is 5.06. The third-order valence-corrected chi connectivity index (χ3v) is 4.48. The van der Waals surface area contributed by atoms with E-state index in [4.69, 9.17) is 0 Å². The normalized spacial score (nSPS) is 28.9. The Morgan fingerprint density at radius 1 is 0.882 bits per heavy atom. The van der Waals surface area contributed by atoms with Crippen LogP contribution in [0.2, 0.25) is 0 Å². The Hall–Kier alpha value is -1.04. The minimum Gasteiger partial charge on any atom is -0.0810 e. The summed E-state index contributed by atoms with van der Waals surface area (Å²) in [5.41, 5.74) is 3.17. The second-order valence-electron chi connectivity index (χ2n) is 6.12. The molecule has 0 heteroatoms. The van der Waals surface area contributed by atoms with Crippen molar-refractivity contribution in [1.29, 1.82) is 0 Å². The summed E-state index contributed by atoms with van der Waals surface area (Å²) in [6, 6.07) is 0. The van der Waals surface area contributed by atoms with E-state index < -0.39 is 0 Å². The van der Waals surface area contributed by atoms with Gasteiger partial charge in [-0.2, -0.15) is 0 Å². The lowest BCUT2D eigenvalue weighted by molar-refractivity contribution is 0.180. The van der Waals surface area contributed by atoms with E-state index in [1.54, 1.807) is 0 Å². The molecule has 17 heavy (non-hydrogen) atoms. The Kier molecular flexibility index (Phi) is 3.42. The molecule has 2 unspecified atom stereocenters. The largest absolute Gasteiger partial charge is 0.0810 e. The summed E-state index contributed by atoms with van der Waals surface area (Å²) in [6.45, 7) is 9.21. The van der Waals surface area contributed by atoms with Crippen molar-refractivity contribution in [2.75, 3.05) is 0 Å². The van der Waals surface area contributed by atoms with E-state index in [0.717, 1.165) is 0 Å². The first-order valence-electron chi connectivity index (χ1n) is 6.70. The summed E-state index contributed by atoms with van der Waals surface area (Å²) in [4.78, 5) is 0. The maximum absolute atomic E-state index is 2.42. The zero-order valence-corrected chi connectivity index (χ0v) is 11.5. The molecule has 0 saturated heterocycles. The number of hydrogen-bond acceptors (Lipinski definition) is 0. The maximum atomic E-state index is 2.42.